The molecule has 29 heavy (non-hydrogen) atoms. The Morgan fingerprint density at radius 3 is 2.14 bits per heavy atom. The Hall–Kier alpha value is -3.42. The minimum atomic E-state index is -1.04. The van der Waals surface area contributed by atoms with Crippen LogP contribution in [-0.4, -0.2) is 45.9 Å². The van der Waals surface area contributed by atoms with E-state index in [1.807, 2.05) is 6.92 Å². The van der Waals surface area contributed by atoms with Crippen molar-refractivity contribution in [1.29, 1.82) is 0 Å². The van der Waals surface area contributed by atoms with Gasteiger partial charge in [0.25, 0.3) is 5.91 Å². The molecular weight excluding hydrogens is 378 g/mol. The molecule has 0 aliphatic carbocycles. The SMILES string of the molecule is CCOc1ccc(NC(=O)C(C)OC(=O)c2ccc(OC)c(OC)c2OC)cc1. The molecule has 0 heterocycles. The lowest BCUT2D eigenvalue weighted by Gasteiger charge is -2.17. The monoisotopic (exact) mass is 403 g/mol. The van der Waals surface area contributed by atoms with Crippen LogP contribution in [0.2, 0.25) is 0 Å². The number of benzene rings is 2. The zero-order valence-electron chi connectivity index (χ0n) is 17.1. The Balaban J connectivity index is 2.09. The Kier molecular flexibility index (Phi) is 7.70. The molecule has 2 rings (SSSR count). The average Bonchev–Trinajstić information content (AvgIpc) is 2.73. The minimum absolute atomic E-state index is 0.117. The second-order valence-electron chi connectivity index (χ2n) is 5.88. The van der Waals surface area contributed by atoms with Gasteiger partial charge in [-0.1, -0.05) is 0 Å². The normalized spacial score (nSPS) is 11.2. The first kappa shape index (κ1) is 21.9. The summed E-state index contributed by atoms with van der Waals surface area (Å²) in [5, 5.41) is 2.69. The number of carbonyl (C=O) groups is 2. The van der Waals surface area contributed by atoms with Gasteiger partial charge in [-0.25, -0.2) is 4.79 Å². The molecule has 0 radical (unpaired) electrons. The third kappa shape index (κ3) is 5.31. The van der Waals surface area contributed by atoms with E-state index in [2.05, 4.69) is 5.32 Å². The van der Waals surface area contributed by atoms with Crippen molar-refractivity contribution in [3.63, 3.8) is 0 Å². The van der Waals surface area contributed by atoms with Gasteiger partial charge >= 0.3 is 5.97 Å². The molecule has 0 fully saturated rings. The van der Waals surface area contributed by atoms with Crippen molar-refractivity contribution in [1.82, 2.24) is 0 Å². The lowest BCUT2D eigenvalue weighted by atomic mass is 10.1. The molecule has 0 bridgehead atoms. The number of hydrogen-bond donors (Lipinski definition) is 1. The van der Waals surface area contributed by atoms with Crippen molar-refractivity contribution in [3.8, 4) is 23.0 Å². The van der Waals surface area contributed by atoms with E-state index in [1.165, 1.54) is 34.3 Å². The molecule has 1 atom stereocenters. The molecule has 156 valence electrons. The van der Waals surface area contributed by atoms with E-state index in [0.29, 0.717) is 23.8 Å². The molecule has 2 aromatic carbocycles. The summed E-state index contributed by atoms with van der Waals surface area (Å²) in [6, 6.07) is 9.93. The smallest absolute Gasteiger partial charge is 0.342 e. The quantitative estimate of drug-likeness (QED) is 0.642. The molecule has 0 aliphatic heterocycles. The number of ether oxygens (including phenoxy) is 5. The molecule has 0 spiro atoms. The van der Waals surface area contributed by atoms with E-state index in [-0.39, 0.29) is 17.1 Å². The second-order valence-corrected chi connectivity index (χ2v) is 5.88. The Morgan fingerprint density at radius 1 is 0.931 bits per heavy atom. The first-order valence-corrected chi connectivity index (χ1v) is 8.98. The van der Waals surface area contributed by atoms with Gasteiger partial charge in [0.05, 0.1) is 27.9 Å². The summed E-state index contributed by atoms with van der Waals surface area (Å²) in [6.45, 7) is 3.92. The number of carbonyl (C=O) groups excluding carboxylic acids is 2. The van der Waals surface area contributed by atoms with Crippen molar-refractivity contribution < 1.29 is 33.3 Å². The summed E-state index contributed by atoms with van der Waals surface area (Å²) in [5.74, 6) is 0.332. The van der Waals surface area contributed by atoms with Crippen LogP contribution in [0.1, 0.15) is 24.2 Å². The molecule has 0 saturated carbocycles. The van der Waals surface area contributed by atoms with Crippen LogP contribution in [-0.2, 0) is 9.53 Å². The first-order chi connectivity index (χ1) is 13.9. The van der Waals surface area contributed by atoms with Crippen LogP contribution in [0.3, 0.4) is 0 Å². The summed E-state index contributed by atoms with van der Waals surface area (Å²) >= 11 is 0. The fourth-order valence-electron chi connectivity index (χ4n) is 2.58. The predicted molar refractivity (Wildman–Crippen MR) is 107 cm³/mol. The summed E-state index contributed by atoms with van der Waals surface area (Å²) in [6.07, 6.45) is -1.04. The van der Waals surface area contributed by atoms with Crippen LogP contribution >= 0.6 is 0 Å². The molecular formula is C21H25NO7. The van der Waals surface area contributed by atoms with Gasteiger partial charge in [-0.15, -0.1) is 0 Å². The number of nitrogens with one attached hydrogen (secondary N) is 1. The summed E-state index contributed by atoms with van der Waals surface area (Å²) in [4.78, 5) is 25.0. The van der Waals surface area contributed by atoms with Crippen molar-refractivity contribution >= 4 is 17.6 Å². The van der Waals surface area contributed by atoms with Gasteiger partial charge < -0.3 is 29.0 Å². The van der Waals surface area contributed by atoms with Crippen LogP contribution in [0, 0.1) is 0 Å². The first-order valence-electron chi connectivity index (χ1n) is 8.98. The fourth-order valence-corrected chi connectivity index (χ4v) is 2.58. The standard InChI is InChI=1S/C21H25NO7/c1-6-28-15-9-7-14(8-10-15)22-20(23)13(2)29-21(24)16-11-12-17(25-3)19(27-5)18(16)26-4/h7-13H,6H2,1-5H3,(H,22,23). The van der Waals surface area contributed by atoms with Crippen LogP contribution < -0.4 is 24.3 Å². The van der Waals surface area contributed by atoms with Gasteiger partial charge in [0.15, 0.2) is 17.6 Å². The van der Waals surface area contributed by atoms with Crippen molar-refractivity contribution in [2.24, 2.45) is 0 Å². The maximum absolute atomic E-state index is 12.6. The Labute approximate surface area is 169 Å². The van der Waals surface area contributed by atoms with Gasteiger partial charge in [0.1, 0.15) is 11.3 Å². The van der Waals surface area contributed by atoms with Gasteiger partial charge in [-0.3, -0.25) is 4.79 Å². The third-order valence-electron chi connectivity index (χ3n) is 4.01. The molecule has 8 nitrogen and oxygen atoms in total. The molecule has 8 heteroatoms. The molecule has 0 aliphatic rings. The fraction of sp³-hybridized carbons (Fsp3) is 0.333. The highest BCUT2D eigenvalue weighted by Crippen LogP contribution is 2.40. The topological polar surface area (TPSA) is 92.3 Å². The van der Waals surface area contributed by atoms with Gasteiger partial charge in [-0.2, -0.15) is 0 Å². The minimum Gasteiger partial charge on any atom is -0.494 e. The van der Waals surface area contributed by atoms with E-state index < -0.39 is 18.0 Å². The zero-order valence-corrected chi connectivity index (χ0v) is 17.1. The van der Waals surface area contributed by atoms with Crippen molar-refractivity contribution in [2.45, 2.75) is 20.0 Å². The molecule has 0 aromatic heterocycles. The van der Waals surface area contributed by atoms with Crippen LogP contribution in [0.5, 0.6) is 23.0 Å². The number of hydrogen-bond acceptors (Lipinski definition) is 7. The van der Waals surface area contributed by atoms with Gasteiger partial charge in [0, 0.05) is 5.69 Å². The van der Waals surface area contributed by atoms with Crippen molar-refractivity contribution in [3.05, 3.63) is 42.0 Å². The number of amides is 1. The van der Waals surface area contributed by atoms with E-state index in [9.17, 15) is 9.59 Å². The summed E-state index contributed by atoms with van der Waals surface area (Å²) in [7, 11) is 4.31. The Morgan fingerprint density at radius 2 is 1.59 bits per heavy atom. The van der Waals surface area contributed by atoms with Crippen LogP contribution in [0.15, 0.2) is 36.4 Å². The maximum atomic E-state index is 12.6. The van der Waals surface area contributed by atoms with Crippen LogP contribution in [0.4, 0.5) is 5.69 Å². The molecule has 0 saturated heterocycles. The average molecular weight is 403 g/mol. The highest BCUT2D eigenvalue weighted by atomic mass is 16.6. The van der Waals surface area contributed by atoms with E-state index in [4.69, 9.17) is 23.7 Å². The predicted octanol–water partition coefficient (Wildman–Crippen LogP) is 3.30. The molecule has 1 amide bonds. The highest BCUT2D eigenvalue weighted by molar-refractivity contribution is 5.99. The van der Waals surface area contributed by atoms with Gasteiger partial charge in [0.2, 0.25) is 5.75 Å². The lowest BCUT2D eigenvalue weighted by molar-refractivity contribution is -0.123. The largest absolute Gasteiger partial charge is 0.494 e. The molecule has 1 unspecified atom stereocenters. The zero-order chi connectivity index (χ0) is 21.4. The van der Waals surface area contributed by atoms with Crippen molar-refractivity contribution in [2.75, 3.05) is 33.3 Å². The second kappa shape index (κ2) is 10.2. The van der Waals surface area contributed by atoms with E-state index >= 15 is 0 Å². The molecule has 2 aromatic rings. The van der Waals surface area contributed by atoms with E-state index in [1.54, 1.807) is 30.3 Å². The van der Waals surface area contributed by atoms with Gasteiger partial charge in [-0.05, 0) is 50.2 Å². The van der Waals surface area contributed by atoms with E-state index in [0.717, 1.165) is 0 Å². The maximum Gasteiger partial charge on any atom is 0.342 e. The number of rotatable bonds is 9. The number of esters is 1. The summed E-state index contributed by atoms with van der Waals surface area (Å²) < 4.78 is 26.4. The lowest BCUT2D eigenvalue weighted by Crippen LogP contribution is -2.30. The number of anilines is 1. The third-order valence-corrected chi connectivity index (χ3v) is 4.01. The summed E-state index contributed by atoms with van der Waals surface area (Å²) in [5.41, 5.74) is 0.677. The molecule has 1 N–H and O–H groups in total. The Bertz CT molecular complexity index is 849. The number of methoxy groups -OCH3 is 3. The highest BCUT2D eigenvalue weighted by Gasteiger charge is 2.25. The van der Waals surface area contributed by atoms with Crippen LogP contribution in [0.25, 0.3) is 0 Å².